The highest BCUT2D eigenvalue weighted by atomic mass is 79.9. The van der Waals surface area contributed by atoms with Crippen LogP contribution in [0.4, 0.5) is 0 Å². The van der Waals surface area contributed by atoms with Crippen molar-refractivity contribution in [3.05, 3.63) is 29.8 Å². The summed E-state index contributed by atoms with van der Waals surface area (Å²) in [5.41, 5.74) is 1.05. The average molecular weight is 348 g/mol. The van der Waals surface area contributed by atoms with Gasteiger partial charge in [-0.1, -0.05) is 28.1 Å². The van der Waals surface area contributed by atoms with Crippen molar-refractivity contribution in [3.63, 3.8) is 0 Å². The monoisotopic (exact) mass is 347 g/mol. The summed E-state index contributed by atoms with van der Waals surface area (Å²) in [6.07, 6.45) is 1.46. The number of benzene rings is 1. The second-order valence-electron chi connectivity index (χ2n) is 4.81. The molecule has 1 fully saturated rings. The van der Waals surface area contributed by atoms with Crippen LogP contribution in [0.5, 0.6) is 0 Å². The van der Waals surface area contributed by atoms with E-state index in [1.54, 1.807) is 12.1 Å². The lowest BCUT2D eigenvalue weighted by atomic mass is 10.00. The van der Waals surface area contributed by atoms with Crippen molar-refractivity contribution in [3.8, 4) is 0 Å². The van der Waals surface area contributed by atoms with E-state index in [-0.39, 0.29) is 12.5 Å². The van der Waals surface area contributed by atoms with Gasteiger partial charge in [0.2, 0.25) is 10.0 Å². The number of aliphatic hydroxyl groups excluding tert-OH is 1. The Morgan fingerprint density at radius 1 is 1.21 bits per heavy atom. The van der Waals surface area contributed by atoms with E-state index >= 15 is 0 Å². The van der Waals surface area contributed by atoms with E-state index in [0.717, 1.165) is 23.7 Å². The Balaban J connectivity index is 2.13. The second-order valence-corrected chi connectivity index (χ2v) is 7.31. The molecule has 1 aliphatic heterocycles. The lowest BCUT2D eigenvalue weighted by molar-refractivity contribution is 0.170. The van der Waals surface area contributed by atoms with Crippen molar-refractivity contribution in [2.75, 3.05) is 19.7 Å². The molecule has 0 radical (unpaired) electrons. The molecule has 0 amide bonds. The van der Waals surface area contributed by atoms with E-state index in [1.807, 2.05) is 12.1 Å². The third-order valence-corrected chi connectivity index (χ3v) is 6.11. The maximum atomic E-state index is 12.4. The predicted molar refractivity (Wildman–Crippen MR) is 77.6 cm³/mol. The van der Waals surface area contributed by atoms with Gasteiger partial charge in [-0.15, -0.1) is 0 Å². The van der Waals surface area contributed by atoms with Crippen LogP contribution < -0.4 is 0 Å². The first-order chi connectivity index (χ1) is 9.07. The van der Waals surface area contributed by atoms with Gasteiger partial charge < -0.3 is 5.11 Å². The fourth-order valence-corrected chi connectivity index (χ4v) is 4.08. The third kappa shape index (κ3) is 3.37. The lowest BCUT2D eigenvalue weighted by Crippen LogP contribution is -2.39. The van der Waals surface area contributed by atoms with Crippen molar-refractivity contribution in [1.82, 2.24) is 4.31 Å². The molecule has 1 saturated heterocycles. The summed E-state index contributed by atoms with van der Waals surface area (Å²) in [5.74, 6) is 0.238. The van der Waals surface area contributed by atoms with Crippen molar-refractivity contribution < 1.29 is 13.5 Å². The summed E-state index contributed by atoms with van der Waals surface area (Å²) in [5, 5.41) is 9.80. The first-order valence-corrected chi connectivity index (χ1v) is 8.90. The molecule has 1 heterocycles. The number of nitrogens with zero attached hydrogens (tertiary/aromatic N) is 1. The number of alkyl halides is 1. The number of halogens is 1. The molecule has 1 aromatic rings. The minimum absolute atomic E-state index is 0.147. The highest BCUT2D eigenvalue weighted by Crippen LogP contribution is 2.23. The molecule has 1 aliphatic rings. The minimum Gasteiger partial charge on any atom is -0.396 e. The molecule has 4 nitrogen and oxygen atoms in total. The first-order valence-electron chi connectivity index (χ1n) is 6.34. The number of hydrogen-bond acceptors (Lipinski definition) is 3. The molecule has 0 saturated carbocycles. The van der Waals surface area contributed by atoms with Crippen molar-refractivity contribution in [2.24, 2.45) is 5.92 Å². The Bertz CT molecular complexity index is 507. The minimum atomic E-state index is -3.38. The van der Waals surface area contributed by atoms with E-state index in [0.29, 0.717) is 18.0 Å². The first kappa shape index (κ1) is 15.0. The topological polar surface area (TPSA) is 57.6 Å². The number of rotatable bonds is 4. The highest BCUT2D eigenvalue weighted by Gasteiger charge is 2.28. The second kappa shape index (κ2) is 6.35. The molecular formula is C13H18BrNO3S. The van der Waals surface area contributed by atoms with Gasteiger partial charge in [0, 0.05) is 25.0 Å². The number of piperidine rings is 1. The van der Waals surface area contributed by atoms with Gasteiger partial charge in [-0.3, -0.25) is 0 Å². The molecule has 106 valence electrons. The summed E-state index contributed by atoms with van der Waals surface area (Å²) in [6, 6.07) is 6.96. The molecule has 0 aliphatic carbocycles. The van der Waals surface area contributed by atoms with Crippen LogP contribution in [0.1, 0.15) is 18.4 Å². The van der Waals surface area contributed by atoms with Crippen LogP contribution in [0.25, 0.3) is 0 Å². The maximum Gasteiger partial charge on any atom is 0.243 e. The molecule has 19 heavy (non-hydrogen) atoms. The molecule has 0 atom stereocenters. The zero-order chi connectivity index (χ0) is 13.9. The molecular weight excluding hydrogens is 330 g/mol. The molecule has 6 heteroatoms. The Morgan fingerprint density at radius 2 is 1.79 bits per heavy atom. The zero-order valence-corrected chi connectivity index (χ0v) is 13.0. The van der Waals surface area contributed by atoms with Crippen LogP contribution in [0, 0.1) is 5.92 Å². The fraction of sp³-hybridized carbons (Fsp3) is 0.538. The quantitative estimate of drug-likeness (QED) is 0.847. The van der Waals surface area contributed by atoms with Crippen LogP contribution >= 0.6 is 15.9 Å². The average Bonchev–Trinajstić information content (AvgIpc) is 2.47. The normalized spacial score (nSPS) is 18.6. The molecule has 0 spiro atoms. The van der Waals surface area contributed by atoms with Crippen LogP contribution in [-0.2, 0) is 15.4 Å². The van der Waals surface area contributed by atoms with E-state index in [9.17, 15) is 8.42 Å². The molecule has 1 aromatic carbocycles. The van der Waals surface area contributed by atoms with E-state index in [2.05, 4.69) is 15.9 Å². The van der Waals surface area contributed by atoms with Gasteiger partial charge in [-0.05, 0) is 36.5 Å². The summed E-state index contributed by atoms with van der Waals surface area (Å²) in [7, 11) is -3.38. The van der Waals surface area contributed by atoms with Crippen molar-refractivity contribution >= 4 is 26.0 Å². The summed E-state index contributed by atoms with van der Waals surface area (Å²) < 4.78 is 26.4. The molecule has 0 bridgehead atoms. The largest absolute Gasteiger partial charge is 0.396 e. The van der Waals surface area contributed by atoms with Crippen LogP contribution in [0.15, 0.2) is 29.2 Å². The lowest BCUT2D eigenvalue weighted by Gasteiger charge is -2.30. The summed E-state index contributed by atoms with van der Waals surface area (Å²) in [4.78, 5) is 0.347. The van der Waals surface area contributed by atoms with Gasteiger partial charge in [0.05, 0.1) is 4.90 Å². The molecule has 0 aromatic heterocycles. The Morgan fingerprint density at radius 3 is 2.26 bits per heavy atom. The Kier molecular flexibility index (Phi) is 5.00. The number of aliphatic hydroxyl groups is 1. The van der Waals surface area contributed by atoms with Gasteiger partial charge in [-0.25, -0.2) is 8.42 Å². The van der Waals surface area contributed by atoms with Gasteiger partial charge in [0.15, 0.2) is 0 Å². The van der Waals surface area contributed by atoms with E-state index in [4.69, 9.17) is 5.11 Å². The molecule has 0 unspecified atom stereocenters. The van der Waals surface area contributed by atoms with Crippen molar-refractivity contribution in [2.45, 2.75) is 23.1 Å². The standard InChI is InChI=1S/C13H18BrNO3S/c14-9-11-1-3-13(4-2-11)19(17,18)15-7-5-12(10-16)6-8-15/h1-4,12,16H,5-10H2. The number of hydrogen-bond donors (Lipinski definition) is 1. The fourth-order valence-electron chi connectivity index (χ4n) is 2.23. The van der Waals surface area contributed by atoms with Gasteiger partial charge in [0.1, 0.15) is 0 Å². The maximum absolute atomic E-state index is 12.4. The van der Waals surface area contributed by atoms with Crippen LogP contribution in [0.2, 0.25) is 0 Å². The van der Waals surface area contributed by atoms with Gasteiger partial charge in [-0.2, -0.15) is 4.31 Å². The van der Waals surface area contributed by atoms with Gasteiger partial charge in [0.25, 0.3) is 0 Å². The molecule has 2 rings (SSSR count). The summed E-state index contributed by atoms with van der Waals surface area (Å²) in [6.45, 7) is 1.13. The molecule has 1 N–H and O–H groups in total. The Hall–Kier alpha value is -0.430. The van der Waals surface area contributed by atoms with E-state index in [1.165, 1.54) is 4.31 Å². The smallest absolute Gasteiger partial charge is 0.243 e. The van der Waals surface area contributed by atoms with Gasteiger partial charge >= 0.3 is 0 Å². The zero-order valence-electron chi connectivity index (χ0n) is 10.6. The summed E-state index contributed by atoms with van der Waals surface area (Å²) >= 11 is 3.34. The van der Waals surface area contributed by atoms with Crippen LogP contribution in [0.3, 0.4) is 0 Å². The van der Waals surface area contributed by atoms with Crippen molar-refractivity contribution in [1.29, 1.82) is 0 Å². The predicted octanol–water partition coefficient (Wildman–Crippen LogP) is 1.97. The number of sulfonamides is 1. The highest BCUT2D eigenvalue weighted by molar-refractivity contribution is 9.08. The third-order valence-electron chi connectivity index (χ3n) is 3.55. The Labute approximate surface area is 122 Å². The van der Waals surface area contributed by atoms with E-state index < -0.39 is 10.0 Å². The SMILES string of the molecule is O=S(=O)(c1ccc(CBr)cc1)N1CCC(CO)CC1. The van der Waals surface area contributed by atoms with Crippen LogP contribution in [-0.4, -0.2) is 37.5 Å².